The van der Waals surface area contributed by atoms with Crippen LogP contribution in [0.5, 0.6) is 0 Å². The van der Waals surface area contributed by atoms with Crippen molar-refractivity contribution in [2.24, 2.45) is 10.9 Å². The fourth-order valence-corrected chi connectivity index (χ4v) is 0.557. The van der Waals surface area contributed by atoms with Crippen molar-refractivity contribution in [1.29, 1.82) is 0 Å². The summed E-state index contributed by atoms with van der Waals surface area (Å²) in [5.41, 5.74) is 0. The molecular formula is C6H6NO-. The molecule has 1 rings (SSSR count). The topological polar surface area (TPSA) is 35.4 Å². The lowest BCUT2D eigenvalue weighted by atomic mass is 10.2. The van der Waals surface area contributed by atoms with E-state index in [0.717, 1.165) is 0 Å². The van der Waals surface area contributed by atoms with Gasteiger partial charge in [-0.15, -0.1) is 6.58 Å². The summed E-state index contributed by atoms with van der Waals surface area (Å²) < 4.78 is 0. The van der Waals surface area contributed by atoms with Crippen molar-refractivity contribution < 1.29 is 5.11 Å². The summed E-state index contributed by atoms with van der Waals surface area (Å²) in [7, 11) is 0. The molecule has 1 heterocycles. The van der Waals surface area contributed by atoms with Crippen LogP contribution in [0.25, 0.3) is 0 Å². The molecule has 0 aromatic rings. The molecule has 2 heteroatoms. The molecule has 1 unspecified atom stereocenters. The average molecular weight is 108 g/mol. The Balaban J connectivity index is 2.71. The molecule has 42 valence electrons. The minimum Gasteiger partial charge on any atom is -0.861 e. The SMILES string of the molecule is C=CC1C=CN=C1[O-]. The predicted molar refractivity (Wildman–Crippen MR) is 30.3 cm³/mol. The van der Waals surface area contributed by atoms with E-state index in [1.807, 2.05) is 0 Å². The molecule has 0 N–H and O–H groups in total. The van der Waals surface area contributed by atoms with Crippen LogP contribution in [-0.4, -0.2) is 5.90 Å². The van der Waals surface area contributed by atoms with Gasteiger partial charge < -0.3 is 5.11 Å². The largest absolute Gasteiger partial charge is 0.861 e. The van der Waals surface area contributed by atoms with Crippen LogP contribution in [0.2, 0.25) is 0 Å². The van der Waals surface area contributed by atoms with Gasteiger partial charge in [-0.05, 0) is 5.90 Å². The van der Waals surface area contributed by atoms with Crippen LogP contribution in [0.1, 0.15) is 0 Å². The maximum absolute atomic E-state index is 10.5. The number of aliphatic imine (C=N–C) groups is 1. The Kier molecular flexibility index (Phi) is 1.16. The lowest BCUT2D eigenvalue weighted by molar-refractivity contribution is -0.219. The zero-order valence-electron chi connectivity index (χ0n) is 4.37. The van der Waals surface area contributed by atoms with Crippen LogP contribution in [-0.2, 0) is 0 Å². The van der Waals surface area contributed by atoms with Gasteiger partial charge in [-0.1, -0.05) is 12.2 Å². The van der Waals surface area contributed by atoms with Crippen molar-refractivity contribution in [3.8, 4) is 0 Å². The Hall–Kier alpha value is -1.05. The molecule has 0 amide bonds. The Labute approximate surface area is 47.9 Å². The zero-order valence-corrected chi connectivity index (χ0v) is 4.37. The van der Waals surface area contributed by atoms with Gasteiger partial charge in [0.25, 0.3) is 0 Å². The summed E-state index contributed by atoms with van der Waals surface area (Å²) >= 11 is 0. The second-order valence-electron chi connectivity index (χ2n) is 1.57. The molecule has 2 nitrogen and oxygen atoms in total. The van der Waals surface area contributed by atoms with E-state index in [2.05, 4.69) is 11.6 Å². The highest BCUT2D eigenvalue weighted by atomic mass is 16.3. The first-order chi connectivity index (χ1) is 3.84. The number of hydrogen-bond donors (Lipinski definition) is 0. The van der Waals surface area contributed by atoms with E-state index in [0.29, 0.717) is 0 Å². The van der Waals surface area contributed by atoms with E-state index >= 15 is 0 Å². The van der Waals surface area contributed by atoms with Crippen LogP contribution in [0, 0.1) is 5.92 Å². The monoisotopic (exact) mass is 108 g/mol. The molecule has 0 spiro atoms. The standard InChI is InChI=1S/C6H7NO/c1-2-5-3-4-7-6(5)8/h2-5H,1H2,(H,7,8)/p-1. The highest BCUT2D eigenvalue weighted by molar-refractivity contribution is 5.80. The maximum atomic E-state index is 10.5. The number of nitrogens with zero attached hydrogens (tertiary/aromatic N) is 1. The average Bonchev–Trinajstić information content (AvgIpc) is 2.14. The van der Waals surface area contributed by atoms with Gasteiger partial charge in [-0.3, -0.25) is 4.99 Å². The summed E-state index contributed by atoms with van der Waals surface area (Å²) in [6, 6.07) is 0. The smallest absolute Gasteiger partial charge is 0.0245 e. The highest BCUT2D eigenvalue weighted by Crippen LogP contribution is 2.06. The number of rotatable bonds is 1. The van der Waals surface area contributed by atoms with Gasteiger partial charge >= 0.3 is 0 Å². The number of hydrogen-bond acceptors (Lipinski definition) is 2. The molecule has 0 aliphatic carbocycles. The second kappa shape index (κ2) is 1.82. The molecule has 0 fully saturated rings. The molecule has 0 aromatic heterocycles. The normalized spacial score (nSPS) is 25.5. The summed E-state index contributed by atoms with van der Waals surface area (Å²) in [6.45, 7) is 3.46. The Bertz CT molecular complexity index is 158. The highest BCUT2D eigenvalue weighted by Gasteiger charge is 2.00. The van der Waals surface area contributed by atoms with E-state index in [1.54, 1.807) is 12.2 Å². The first kappa shape index (κ1) is 5.09. The van der Waals surface area contributed by atoms with Crippen molar-refractivity contribution in [3.05, 3.63) is 24.9 Å². The van der Waals surface area contributed by atoms with E-state index in [1.165, 1.54) is 6.20 Å². The summed E-state index contributed by atoms with van der Waals surface area (Å²) in [5.74, 6) is -0.269. The van der Waals surface area contributed by atoms with Gasteiger partial charge in [0, 0.05) is 12.1 Å². The van der Waals surface area contributed by atoms with Crippen molar-refractivity contribution in [3.63, 3.8) is 0 Å². The molecule has 0 saturated heterocycles. The van der Waals surface area contributed by atoms with Crippen molar-refractivity contribution in [2.45, 2.75) is 0 Å². The van der Waals surface area contributed by atoms with Gasteiger partial charge in [0.05, 0.1) is 0 Å². The van der Waals surface area contributed by atoms with E-state index in [9.17, 15) is 5.11 Å². The van der Waals surface area contributed by atoms with Crippen LogP contribution < -0.4 is 5.11 Å². The maximum Gasteiger partial charge on any atom is 0.0245 e. The van der Waals surface area contributed by atoms with Gasteiger partial charge in [-0.25, -0.2) is 0 Å². The summed E-state index contributed by atoms with van der Waals surface area (Å²) in [4.78, 5) is 3.50. The van der Waals surface area contributed by atoms with Gasteiger partial charge in [0.2, 0.25) is 0 Å². The molecule has 8 heavy (non-hydrogen) atoms. The quantitative estimate of drug-likeness (QED) is 0.438. The van der Waals surface area contributed by atoms with Crippen molar-refractivity contribution in [1.82, 2.24) is 0 Å². The third-order valence-electron chi connectivity index (χ3n) is 1.03. The molecule has 0 radical (unpaired) electrons. The van der Waals surface area contributed by atoms with E-state index < -0.39 is 0 Å². The lowest BCUT2D eigenvalue weighted by Crippen LogP contribution is -2.21. The second-order valence-corrected chi connectivity index (χ2v) is 1.57. The van der Waals surface area contributed by atoms with E-state index in [-0.39, 0.29) is 11.8 Å². The Morgan fingerprint density at radius 2 is 2.62 bits per heavy atom. The van der Waals surface area contributed by atoms with Gasteiger partial charge in [0.15, 0.2) is 0 Å². The molecule has 1 aliphatic heterocycles. The van der Waals surface area contributed by atoms with E-state index in [4.69, 9.17) is 0 Å². The fraction of sp³-hybridized carbons (Fsp3) is 0.167. The molecule has 1 atom stereocenters. The minimum atomic E-state index is -0.157. The molecular weight excluding hydrogens is 102 g/mol. The van der Waals surface area contributed by atoms with Gasteiger partial charge in [0.1, 0.15) is 0 Å². The molecule has 0 bridgehead atoms. The molecule has 0 aromatic carbocycles. The lowest BCUT2D eigenvalue weighted by Gasteiger charge is -2.08. The third kappa shape index (κ3) is 0.644. The van der Waals surface area contributed by atoms with Crippen LogP contribution >= 0.6 is 0 Å². The van der Waals surface area contributed by atoms with Crippen molar-refractivity contribution in [2.75, 3.05) is 0 Å². The minimum absolute atomic E-state index is 0.111. The molecule has 1 aliphatic rings. The first-order valence-corrected chi connectivity index (χ1v) is 2.38. The zero-order chi connectivity index (χ0) is 5.98. The van der Waals surface area contributed by atoms with Crippen molar-refractivity contribution >= 4 is 5.90 Å². The fourth-order valence-electron chi connectivity index (χ4n) is 0.557. The van der Waals surface area contributed by atoms with Crippen LogP contribution in [0.4, 0.5) is 0 Å². The first-order valence-electron chi connectivity index (χ1n) is 2.38. The predicted octanol–water partition coefficient (Wildman–Crippen LogP) is 0.0747. The van der Waals surface area contributed by atoms with Gasteiger partial charge in [-0.2, -0.15) is 0 Å². The van der Waals surface area contributed by atoms with Crippen LogP contribution in [0.15, 0.2) is 29.9 Å². The molecule has 0 saturated carbocycles. The Morgan fingerprint density at radius 1 is 1.88 bits per heavy atom. The van der Waals surface area contributed by atoms with Crippen LogP contribution in [0.3, 0.4) is 0 Å². The third-order valence-corrected chi connectivity index (χ3v) is 1.03. The summed E-state index contributed by atoms with van der Waals surface area (Å²) in [6.07, 6.45) is 4.80. The summed E-state index contributed by atoms with van der Waals surface area (Å²) in [5, 5.41) is 10.5. The Morgan fingerprint density at radius 3 is 2.88 bits per heavy atom.